The lowest BCUT2D eigenvalue weighted by molar-refractivity contribution is 0.0712. The van der Waals surface area contributed by atoms with Gasteiger partial charge in [0.1, 0.15) is 0 Å². The zero-order valence-electron chi connectivity index (χ0n) is 10.0. The summed E-state index contributed by atoms with van der Waals surface area (Å²) in [5.41, 5.74) is 0. The SMILES string of the molecule is Cc1nc(C(=O)N2CC3CNCC3C2C)no1. The van der Waals surface area contributed by atoms with E-state index in [9.17, 15) is 4.79 Å². The van der Waals surface area contributed by atoms with Crippen LogP contribution >= 0.6 is 0 Å². The fourth-order valence-electron chi connectivity index (χ4n) is 2.95. The van der Waals surface area contributed by atoms with Gasteiger partial charge in [-0.15, -0.1) is 0 Å². The van der Waals surface area contributed by atoms with E-state index in [0.717, 1.165) is 19.6 Å². The van der Waals surface area contributed by atoms with Crippen molar-refractivity contribution in [3.05, 3.63) is 11.7 Å². The van der Waals surface area contributed by atoms with Crippen molar-refractivity contribution in [2.45, 2.75) is 19.9 Å². The van der Waals surface area contributed by atoms with Gasteiger partial charge in [0, 0.05) is 32.6 Å². The second kappa shape index (κ2) is 3.80. The van der Waals surface area contributed by atoms with E-state index in [-0.39, 0.29) is 17.8 Å². The van der Waals surface area contributed by atoms with E-state index < -0.39 is 0 Å². The first-order valence-electron chi connectivity index (χ1n) is 5.99. The maximum atomic E-state index is 12.2. The number of likely N-dealkylation sites (tertiary alicyclic amines) is 1. The van der Waals surface area contributed by atoms with Crippen LogP contribution in [0, 0.1) is 18.8 Å². The van der Waals surface area contributed by atoms with Crippen molar-refractivity contribution in [3.8, 4) is 0 Å². The minimum Gasteiger partial charge on any atom is -0.339 e. The lowest BCUT2D eigenvalue weighted by Gasteiger charge is -2.22. The summed E-state index contributed by atoms with van der Waals surface area (Å²) in [6.07, 6.45) is 0. The number of amides is 1. The molecule has 1 N–H and O–H groups in total. The standard InChI is InChI=1S/C11H16N4O2/c1-6-9-4-12-3-8(9)5-15(6)11(16)10-13-7(2)17-14-10/h6,8-9,12H,3-5H2,1-2H3. The summed E-state index contributed by atoms with van der Waals surface area (Å²) < 4.78 is 4.85. The fourth-order valence-corrected chi connectivity index (χ4v) is 2.95. The van der Waals surface area contributed by atoms with E-state index in [1.165, 1.54) is 0 Å². The van der Waals surface area contributed by atoms with Crippen molar-refractivity contribution < 1.29 is 9.32 Å². The molecule has 0 saturated carbocycles. The molecular weight excluding hydrogens is 220 g/mol. The highest BCUT2D eigenvalue weighted by molar-refractivity contribution is 5.90. The molecule has 2 aliphatic rings. The first-order valence-corrected chi connectivity index (χ1v) is 5.99. The monoisotopic (exact) mass is 236 g/mol. The third-order valence-electron chi connectivity index (χ3n) is 3.91. The largest absolute Gasteiger partial charge is 0.339 e. The Morgan fingerprint density at radius 1 is 1.53 bits per heavy atom. The summed E-state index contributed by atoms with van der Waals surface area (Å²) in [6, 6.07) is 0.251. The molecular formula is C11H16N4O2. The average molecular weight is 236 g/mol. The average Bonchev–Trinajstić information content (AvgIpc) is 2.96. The minimum absolute atomic E-state index is 0.108. The van der Waals surface area contributed by atoms with Gasteiger partial charge in [-0.1, -0.05) is 5.16 Å². The third kappa shape index (κ3) is 1.63. The second-order valence-electron chi connectivity index (χ2n) is 4.92. The molecule has 6 heteroatoms. The summed E-state index contributed by atoms with van der Waals surface area (Å²) in [6.45, 7) is 6.59. The van der Waals surface area contributed by atoms with Gasteiger partial charge in [0.25, 0.3) is 11.7 Å². The van der Waals surface area contributed by atoms with Crippen LogP contribution in [0.15, 0.2) is 4.52 Å². The van der Waals surface area contributed by atoms with Crippen LogP contribution in [0.5, 0.6) is 0 Å². The molecule has 0 aromatic carbocycles. The summed E-state index contributed by atoms with van der Waals surface area (Å²) in [5, 5.41) is 7.07. The van der Waals surface area contributed by atoms with E-state index in [4.69, 9.17) is 4.52 Å². The van der Waals surface area contributed by atoms with Gasteiger partial charge in [-0.05, 0) is 18.8 Å². The van der Waals surface area contributed by atoms with Crippen molar-refractivity contribution in [1.29, 1.82) is 0 Å². The number of carbonyl (C=O) groups is 1. The Labute approximate surface area is 99.4 Å². The summed E-state index contributed by atoms with van der Waals surface area (Å²) >= 11 is 0. The molecule has 92 valence electrons. The van der Waals surface area contributed by atoms with Crippen LogP contribution in [-0.4, -0.2) is 46.6 Å². The molecule has 3 unspecified atom stereocenters. The number of aromatic nitrogens is 2. The highest BCUT2D eigenvalue weighted by Crippen LogP contribution is 2.32. The van der Waals surface area contributed by atoms with Crippen LogP contribution < -0.4 is 5.32 Å². The van der Waals surface area contributed by atoms with Gasteiger partial charge >= 0.3 is 0 Å². The number of nitrogens with zero attached hydrogens (tertiary/aromatic N) is 3. The normalized spacial score (nSPS) is 31.9. The van der Waals surface area contributed by atoms with Crippen LogP contribution in [0.2, 0.25) is 0 Å². The predicted molar refractivity (Wildman–Crippen MR) is 59.4 cm³/mol. The van der Waals surface area contributed by atoms with Gasteiger partial charge in [0.15, 0.2) is 0 Å². The first-order chi connectivity index (χ1) is 8.16. The van der Waals surface area contributed by atoms with Gasteiger partial charge < -0.3 is 14.7 Å². The Kier molecular flexibility index (Phi) is 2.39. The number of aryl methyl sites for hydroxylation is 1. The predicted octanol–water partition coefficient (Wildman–Crippen LogP) is 0.0579. The van der Waals surface area contributed by atoms with Crippen LogP contribution in [-0.2, 0) is 0 Å². The Balaban J connectivity index is 1.79. The van der Waals surface area contributed by atoms with Crippen molar-refractivity contribution in [2.75, 3.05) is 19.6 Å². The van der Waals surface area contributed by atoms with Crippen LogP contribution in [0.3, 0.4) is 0 Å². The summed E-state index contributed by atoms with van der Waals surface area (Å²) in [5.74, 6) is 1.64. The maximum Gasteiger partial charge on any atom is 0.295 e. The lowest BCUT2D eigenvalue weighted by atomic mass is 9.95. The van der Waals surface area contributed by atoms with Crippen LogP contribution in [0.25, 0.3) is 0 Å². The number of carbonyl (C=O) groups excluding carboxylic acids is 1. The quantitative estimate of drug-likeness (QED) is 0.746. The van der Waals surface area contributed by atoms with Crippen molar-refractivity contribution in [1.82, 2.24) is 20.4 Å². The van der Waals surface area contributed by atoms with Gasteiger partial charge in [-0.3, -0.25) is 4.79 Å². The molecule has 3 heterocycles. The topological polar surface area (TPSA) is 71.3 Å². The molecule has 17 heavy (non-hydrogen) atoms. The minimum atomic E-state index is -0.108. The maximum absolute atomic E-state index is 12.2. The number of rotatable bonds is 1. The van der Waals surface area contributed by atoms with E-state index in [2.05, 4.69) is 22.4 Å². The van der Waals surface area contributed by atoms with Gasteiger partial charge in [0.2, 0.25) is 5.89 Å². The van der Waals surface area contributed by atoms with Gasteiger partial charge in [-0.2, -0.15) is 4.98 Å². The molecule has 0 aliphatic carbocycles. The number of nitrogens with one attached hydrogen (secondary N) is 1. The van der Waals surface area contributed by atoms with E-state index in [0.29, 0.717) is 17.7 Å². The molecule has 3 rings (SSSR count). The first kappa shape index (κ1) is 10.7. The van der Waals surface area contributed by atoms with E-state index >= 15 is 0 Å². The van der Waals surface area contributed by atoms with Crippen molar-refractivity contribution >= 4 is 5.91 Å². The molecule has 0 radical (unpaired) electrons. The van der Waals surface area contributed by atoms with Crippen LogP contribution in [0.1, 0.15) is 23.4 Å². The summed E-state index contributed by atoms with van der Waals surface area (Å²) in [4.78, 5) is 18.1. The Bertz CT molecular complexity index is 444. The van der Waals surface area contributed by atoms with Crippen LogP contribution in [0.4, 0.5) is 0 Å². The number of hydrogen-bond acceptors (Lipinski definition) is 5. The molecule has 3 atom stereocenters. The molecule has 2 fully saturated rings. The Morgan fingerprint density at radius 2 is 2.35 bits per heavy atom. The zero-order chi connectivity index (χ0) is 12.0. The third-order valence-corrected chi connectivity index (χ3v) is 3.91. The fraction of sp³-hybridized carbons (Fsp3) is 0.727. The van der Waals surface area contributed by atoms with Gasteiger partial charge in [-0.25, -0.2) is 0 Å². The van der Waals surface area contributed by atoms with Gasteiger partial charge in [0.05, 0.1) is 0 Å². The van der Waals surface area contributed by atoms with Crippen molar-refractivity contribution in [2.24, 2.45) is 11.8 Å². The Hall–Kier alpha value is -1.43. The molecule has 2 aliphatic heterocycles. The summed E-state index contributed by atoms with van der Waals surface area (Å²) in [7, 11) is 0. The highest BCUT2D eigenvalue weighted by Gasteiger charge is 2.44. The lowest BCUT2D eigenvalue weighted by Crippen LogP contribution is -2.38. The molecule has 2 saturated heterocycles. The molecule has 6 nitrogen and oxygen atoms in total. The number of fused-ring (bicyclic) bond motifs is 1. The highest BCUT2D eigenvalue weighted by atomic mass is 16.5. The smallest absolute Gasteiger partial charge is 0.295 e. The molecule has 0 spiro atoms. The Morgan fingerprint density at radius 3 is 3.00 bits per heavy atom. The van der Waals surface area contributed by atoms with Crippen molar-refractivity contribution in [3.63, 3.8) is 0 Å². The zero-order valence-corrected chi connectivity index (χ0v) is 10.0. The molecule has 1 amide bonds. The van der Waals surface area contributed by atoms with E-state index in [1.807, 2.05) is 4.90 Å². The van der Waals surface area contributed by atoms with E-state index in [1.54, 1.807) is 6.92 Å². The number of hydrogen-bond donors (Lipinski definition) is 1. The second-order valence-corrected chi connectivity index (χ2v) is 4.92. The molecule has 0 bridgehead atoms. The molecule has 1 aromatic heterocycles. The molecule has 1 aromatic rings.